The largest absolute Gasteiger partial charge is 0.459 e. The third-order valence-corrected chi connectivity index (χ3v) is 7.25. The molecule has 0 amide bonds. The van der Waals surface area contributed by atoms with Gasteiger partial charge in [0, 0.05) is 17.3 Å². The van der Waals surface area contributed by atoms with E-state index in [0.29, 0.717) is 5.02 Å². The summed E-state index contributed by atoms with van der Waals surface area (Å²) in [6, 6.07) is 7.10. The maximum absolute atomic E-state index is 13.2. The van der Waals surface area contributed by atoms with Crippen molar-refractivity contribution in [2.24, 2.45) is 11.8 Å². The first-order valence-corrected chi connectivity index (χ1v) is 17.3. The van der Waals surface area contributed by atoms with Crippen molar-refractivity contribution in [3.05, 3.63) is 68.0 Å². The first kappa shape index (κ1) is 32.8. The number of hydrogen-bond donors (Lipinski definition) is 1. The molecule has 1 aliphatic rings. The molecular weight excluding hydrogens is 584 g/mol. The molecule has 0 spiro atoms. The van der Waals surface area contributed by atoms with Crippen LogP contribution in [0, 0.1) is 23.3 Å². The fourth-order valence-corrected chi connectivity index (χ4v) is 4.53. The lowest BCUT2D eigenvalue weighted by Crippen LogP contribution is -2.55. The van der Waals surface area contributed by atoms with Gasteiger partial charge in [0.1, 0.15) is 20.8 Å². The number of nitrogens with zero attached hydrogens (tertiary/aromatic N) is 1. The highest BCUT2D eigenvalue weighted by Gasteiger charge is 2.63. The lowest BCUT2D eigenvalue weighted by Gasteiger charge is -2.34. The number of ether oxygens (including phenoxy) is 4. The molecule has 226 valence electrons. The summed E-state index contributed by atoms with van der Waals surface area (Å²) in [6.07, 6.45) is -3.03. The lowest BCUT2D eigenvalue weighted by molar-refractivity contribution is -0.182. The monoisotopic (exact) mass is 618 g/mol. The van der Waals surface area contributed by atoms with Crippen LogP contribution in [-0.4, -0.2) is 59.9 Å². The van der Waals surface area contributed by atoms with E-state index in [1.165, 1.54) is 30.5 Å². The standard InChI is InChI=1S/C29H35ClN2O9Si/c1-17(2)25(34)40-23-24(32-14-12-22(33)31-28(32)37)39-21(16-38-27(36)19-8-10-20(30)11-9-19)29(23,13-15-42(5,6)7)41-26(35)18(3)4/h8-12,14,17-18,21,23-24H,16H2,1-7H3,(H,31,33,37)/t21-,23+,24-,29-/m1/s1. The Hall–Kier alpha value is -3.66. The van der Waals surface area contributed by atoms with Gasteiger partial charge in [-0.25, -0.2) is 9.59 Å². The molecule has 1 fully saturated rings. The molecule has 1 aromatic heterocycles. The second-order valence-electron chi connectivity index (χ2n) is 11.5. The molecule has 42 heavy (non-hydrogen) atoms. The van der Waals surface area contributed by atoms with Crippen molar-refractivity contribution in [3.8, 4) is 11.5 Å². The molecule has 11 nitrogen and oxygen atoms in total. The fraction of sp³-hybridized carbons (Fsp3) is 0.483. The molecule has 2 aromatic rings. The van der Waals surface area contributed by atoms with Gasteiger partial charge in [0.25, 0.3) is 5.56 Å². The van der Waals surface area contributed by atoms with Gasteiger partial charge in [-0.15, -0.1) is 5.54 Å². The molecule has 0 bridgehead atoms. The zero-order chi connectivity index (χ0) is 31.4. The van der Waals surface area contributed by atoms with E-state index in [9.17, 15) is 24.0 Å². The Labute approximate surface area is 249 Å². The number of halogens is 1. The normalized spacial score (nSPS) is 21.9. The number of hydrogen-bond acceptors (Lipinski definition) is 9. The van der Waals surface area contributed by atoms with E-state index in [1.807, 2.05) is 19.6 Å². The molecule has 1 saturated heterocycles. The third kappa shape index (κ3) is 7.79. The smallest absolute Gasteiger partial charge is 0.338 e. The summed E-state index contributed by atoms with van der Waals surface area (Å²) in [5.41, 5.74) is -0.140. The van der Waals surface area contributed by atoms with Gasteiger partial charge in [-0.3, -0.25) is 23.9 Å². The van der Waals surface area contributed by atoms with Gasteiger partial charge in [-0.1, -0.05) is 64.9 Å². The van der Waals surface area contributed by atoms with E-state index in [2.05, 4.69) is 16.4 Å². The quantitative estimate of drug-likeness (QED) is 0.204. The SMILES string of the molecule is CC(C)C(=O)O[C@H]1[C@H](n2ccc(=O)[nH]c2=O)O[C@H](COC(=O)c2ccc(Cl)cc2)[C@@]1(C#C[Si](C)(C)C)OC(=O)C(C)C. The van der Waals surface area contributed by atoms with Crippen molar-refractivity contribution in [2.45, 2.75) is 71.4 Å². The van der Waals surface area contributed by atoms with Gasteiger partial charge in [0.15, 0.2) is 6.23 Å². The van der Waals surface area contributed by atoms with Crippen LogP contribution in [-0.2, 0) is 28.5 Å². The molecule has 0 saturated carbocycles. The third-order valence-electron chi connectivity index (χ3n) is 6.12. The van der Waals surface area contributed by atoms with Crippen molar-refractivity contribution in [3.63, 3.8) is 0 Å². The first-order chi connectivity index (χ1) is 19.5. The number of rotatable bonds is 8. The average molecular weight is 619 g/mol. The van der Waals surface area contributed by atoms with Crippen LogP contribution in [0.15, 0.2) is 46.1 Å². The number of carbonyl (C=O) groups is 3. The summed E-state index contributed by atoms with van der Waals surface area (Å²) in [5.74, 6) is -0.275. The average Bonchev–Trinajstić information content (AvgIpc) is 3.18. The summed E-state index contributed by atoms with van der Waals surface area (Å²) in [6.45, 7) is 11.9. The number of H-pyrrole nitrogens is 1. The van der Waals surface area contributed by atoms with Crippen LogP contribution in [0.4, 0.5) is 0 Å². The molecule has 3 rings (SSSR count). The number of nitrogens with one attached hydrogen (secondary N) is 1. The minimum atomic E-state index is -2.18. The van der Waals surface area contributed by atoms with Crippen LogP contribution in [0.2, 0.25) is 24.7 Å². The van der Waals surface area contributed by atoms with E-state index in [1.54, 1.807) is 27.7 Å². The van der Waals surface area contributed by atoms with Crippen LogP contribution in [0.1, 0.15) is 44.3 Å². The van der Waals surface area contributed by atoms with Crippen LogP contribution in [0.25, 0.3) is 0 Å². The molecule has 0 unspecified atom stereocenters. The van der Waals surface area contributed by atoms with Gasteiger partial charge < -0.3 is 18.9 Å². The van der Waals surface area contributed by atoms with Gasteiger partial charge in [-0.05, 0) is 24.3 Å². The summed E-state index contributed by atoms with van der Waals surface area (Å²) in [4.78, 5) is 66.0. The number of aromatic amines is 1. The van der Waals surface area contributed by atoms with E-state index < -0.39 is 79.7 Å². The van der Waals surface area contributed by atoms with Crippen LogP contribution in [0.5, 0.6) is 0 Å². The van der Waals surface area contributed by atoms with Gasteiger partial charge in [-0.2, -0.15) is 0 Å². The second kappa shape index (κ2) is 13.1. The maximum Gasteiger partial charge on any atom is 0.338 e. The Bertz CT molecular complexity index is 1500. The summed E-state index contributed by atoms with van der Waals surface area (Å²) in [5, 5.41) is 0.427. The molecule has 0 radical (unpaired) electrons. The topological polar surface area (TPSA) is 143 Å². The Morgan fingerprint density at radius 2 is 1.67 bits per heavy atom. The molecular formula is C29H35ClN2O9Si. The number of benzene rings is 1. The predicted molar refractivity (Wildman–Crippen MR) is 156 cm³/mol. The van der Waals surface area contributed by atoms with Gasteiger partial charge >= 0.3 is 23.6 Å². The van der Waals surface area contributed by atoms with Gasteiger partial charge in [0.2, 0.25) is 11.7 Å². The van der Waals surface area contributed by atoms with Crippen molar-refractivity contribution in [2.75, 3.05) is 6.61 Å². The minimum Gasteiger partial charge on any atom is -0.459 e. The van der Waals surface area contributed by atoms with E-state index in [-0.39, 0.29) is 5.56 Å². The number of esters is 3. The van der Waals surface area contributed by atoms with Crippen LogP contribution >= 0.6 is 11.6 Å². The first-order valence-electron chi connectivity index (χ1n) is 13.4. The van der Waals surface area contributed by atoms with Crippen LogP contribution < -0.4 is 11.2 Å². The number of carbonyl (C=O) groups excluding carboxylic acids is 3. The summed E-state index contributed by atoms with van der Waals surface area (Å²) < 4.78 is 24.7. The maximum atomic E-state index is 13.2. The zero-order valence-electron chi connectivity index (χ0n) is 24.6. The van der Waals surface area contributed by atoms with Crippen molar-refractivity contribution >= 4 is 37.6 Å². The summed E-state index contributed by atoms with van der Waals surface area (Å²) in [7, 11) is -2.18. The molecule has 13 heteroatoms. The molecule has 1 aliphatic heterocycles. The minimum absolute atomic E-state index is 0.201. The molecule has 1 aromatic carbocycles. The Morgan fingerprint density at radius 3 is 2.21 bits per heavy atom. The van der Waals surface area contributed by atoms with E-state index >= 15 is 0 Å². The number of aromatic nitrogens is 2. The predicted octanol–water partition coefficient (Wildman–Crippen LogP) is 3.33. The Balaban J connectivity index is 2.22. The highest BCUT2D eigenvalue weighted by atomic mass is 35.5. The molecule has 1 N–H and O–H groups in total. The van der Waals surface area contributed by atoms with E-state index in [4.69, 9.17) is 30.5 Å². The highest BCUT2D eigenvalue weighted by Crippen LogP contribution is 2.42. The molecule has 2 heterocycles. The van der Waals surface area contributed by atoms with Gasteiger partial charge in [0.05, 0.1) is 17.4 Å². The zero-order valence-corrected chi connectivity index (χ0v) is 26.3. The van der Waals surface area contributed by atoms with Crippen LogP contribution in [0.3, 0.4) is 0 Å². The second-order valence-corrected chi connectivity index (χ2v) is 16.7. The molecule has 4 atom stereocenters. The van der Waals surface area contributed by atoms with Crippen molar-refractivity contribution in [1.82, 2.24) is 9.55 Å². The van der Waals surface area contributed by atoms with Crippen molar-refractivity contribution < 1.29 is 33.3 Å². The Morgan fingerprint density at radius 1 is 1.05 bits per heavy atom. The van der Waals surface area contributed by atoms with Crippen molar-refractivity contribution in [1.29, 1.82) is 0 Å². The fourth-order valence-electron chi connectivity index (χ4n) is 3.84. The van der Waals surface area contributed by atoms with E-state index in [0.717, 1.165) is 10.6 Å². The summed E-state index contributed by atoms with van der Waals surface area (Å²) >= 11 is 5.93. The molecule has 0 aliphatic carbocycles. The lowest BCUT2D eigenvalue weighted by atomic mass is 9.92. The highest BCUT2D eigenvalue weighted by molar-refractivity contribution is 6.83. The Kier molecular flexibility index (Phi) is 10.2.